The second kappa shape index (κ2) is 6.10. The minimum Gasteiger partial charge on any atom is -0.451 e. The van der Waals surface area contributed by atoms with Crippen molar-refractivity contribution in [3.63, 3.8) is 0 Å². The molecule has 7 heteroatoms. The van der Waals surface area contributed by atoms with Gasteiger partial charge >= 0.3 is 0 Å². The summed E-state index contributed by atoms with van der Waals surface area (Å²) >= 11 is 0. The lowest BCUT2D eigenvalue weighted by atomic mass is 10.1. The highest BCUT2D eigenvalue weighted by atomic mass is 16.6. The summed E-state index contributed by atoms with van der Waals surface area (Å²) in [4.78, 5) is 26.2. The summed E-state index contributed by atoms with van der Waals surface area (Å²) in [5, 5.41) is 13.3. The lowest BCUT2D eigenvalue weighted by Crippen LogP contribution is -2.10. The Kier molecular flexibility index (Phi) is 3.84. The van der Waals surface area contributed by atoms with Crippen LogP contribution in [-0.2, 0) is 0 Å². The molecule has 2 aromatic heterocycles. The van der Waals surface area contributed by atoms with Crippen LogP contribution in [0, 0.1) is 10.1 Å². The standard InChI is InChI=1S/C16H11N3O4/c20-16(18-12-2-1-9-17-10-12)15-8-7-14(23-15)11-3-5-13(6-4-11)19(21)22/h1-10H,(H,18,20). The van der Waals surface area contributed by atoms with Crippen LogP contribution in [0.25, 0.3) is 11.3 Å². The number of pyridine rings is 1. The maximum atomic E-state index is 12.1. The zero-order valence-electron chi connectivity index (χ0n) is 11.8. The van der Waals surface area contributed by atoms with Crippen LogP contribution >= 0.6 is 0 Å². The van der Waals surface area contributed by atoms with Crippen LogP contribution in [-0.4, -0.2) is 15.8 Å². The number of rotatable bonds is 4. The molecule has 0 fully saturated rings. The molecule has 114 valence electrons. The number of hydrogen-bond donors (Lipinski definition) is 1. The highest BCUT2D eigenvalue weighted by Crippen LogP contribution is 2.24. The molecule has 0 atom stereocenters. The first-order valence-electron chi connectivity index (χ1n) is 6.69. The number of carbonyl (C=O) groups is 1. The molecule has 2 heterocycles. The molecule has 0 aliphatic rings. The molecule has 0 bridgehead atoms. The Bertz CT molecular complexity index is 841. The highest BCUT2D eigenvalue weighted by molar-refractivity contribution is 6.02. The van der Waals surface area contributed by atoms with E-state index in [4.69, 9.17) is 4.42 Å². The summed E-state index contributed by atoms with van der Waals surface area (Å²) in [6.07, 6.45) is 3.13. The molecule has 0 radical (unpaired) electrons. The number of nitrogens with zero attached hydrogens (tertiary/aromatic N) is 2. The van der Waals surface area contributed by atoms with Crippen LogP contribution in [0.15, 0.2) is 65.3 Å². The molecule has 0 aliphatic carbocycles. The van der Waals surface area contributed by atoms with Gasteiger partial charge in [-0.3, -0.25) is 19.9 Å². The number of benzene rings is 1. The van der Waals surface area contributed by atoms with Gasteiger partial charge in [0.2, 0.25) is 0 Å². The van der Waals surface area contributed by atoms with Gasteiger partial charge in [-0.1, -0.05) is 0 Å². The zero-order chi connectivity index (χ0) is 16.2. The average molecular weight is 309 g/mol. The number of anilines is 1. The largest absolute Gasteiger partial charge is 0.451 e. The fourth-order valence-corrected chi connectivity index (χ4v) is 1.99. The number of amides is 1. The number of nitrogens with one attached hydrogen (secondary N) is 1. The van der Waals surface area contributed by atoms with Crippen LogP contribution in [0.4, 0.5) is 11.4 Å². The lowest BCUT2D eigenvalue weighted by molar-refractivity contribution is -0.384. The van der Waals surface area contributed by atoms with Gasteiger partial charge in [-0.15, -0.1) is 0 Å². The first kappa shape index (κ1) is 14.5. The smallest absolute Gasteiger partial charge is 0.291 e. The summed E-state index contributed by atoms with van der Waals surface area (Å²) in [6.45, 7) is 0. The van der Waals surface area contributed by atoms with E-state index in [2.05, 4.69) is 10.3 Å². The predicted molar refractivity (Wildman–Crippen MR) is 83.0 cm³/mol. The SMILES string of the molecule is O=C(Nc1cccnc1)c1ccc(-c2ccc([N+](=O)[O-])cc2)o1. The van der Waals surface area contributed by atoms with Crippen LogP contribution in [0.2, 0.25) is 0 Å². The van der Waals surface area contributed by atoms with E-state index in [0.29, 0.717) is 17.0 Å². The van der Waals surface area contributed by atoms with Crippen molar-refractivity contribution in [1.29, 1.82) is 0 Å². The summed E-state index contributed by atoms with van der Waals surface area (Å²) in [6, 6.07) is 12.5. The van der Waals surface area contributed by atoms with Crippen molar-refractivity contribution in [2.45, 2.75) is 0 Å². The van der Waals surface area contributed by atoms with E-state index >= 15 is 0 Å². The Morgan fingerprint density at radius 3 is 2.57 bits per heavy atom. The maximum Gasteiger partial charge on any atom is 0.291 e. The van der Waals surface area contributed by atoms with Crippen molar-refractivity contribution in [3.05, 3.63) is 76.8 Å². The van der Waals surface area contributed by atoms with E-state index in [-0.39, 0.29) is 11.4 Å². The fourth-order valence-electron chi connectivity index (χ4n) is 1.99. The van der Waals surface area contributed by atoms with Crippen LogP contribution in [0.3, 0.4) is 0 Å². The van der Waals surface area contributed by atoms with E-state index in [1.165, 1.54) is 18.3 Å². The van der Waals surface area contributed by atoms with Gasteiger partial charge in [0, 0.05) is 23.9 Å². The van der Waals surface area contributed by atoms with Crippen LogP contribution in [0.1, 0.15) is 10.6 Å². The normalized spacial score (nSPS) is 10.3. The van der Waals surface area contributed by atoms with E-state index in [1.54, 1.807) is 42.6 Å². The number of nitro groups is 1. The highest BCUT2D eigenvalue weighted by Gasteiger charge is 2.13. The molecule has 0 aliphatic heterocycles. The summed E-state index contributed by atoms with van der Waals surface area (Å²) < 4.78 is 5.50. The summed E-state index contributed by atoms with van der Waals surface area (Å²) in [5.74, 6) is 0.199. The molecule has 7 nitrogen and oxygen atoms in total. The molecule has 23 heavy (non-hydrogen) atoms. The van der Waals surface area contributed by atoms with Crippen LogP contribution < -0.4 is 5.32 Å². The van der Waals surface area contributed by atoms with Crippen molar-refractivity contribution in [1.82, 2.24) is 4.98 Å². The predicted octanol–water partition coefficient (Wildman–Crippen LogP) is 3.50. The minimum absolute atomic E-state index is 0.00477. The van der Waals surface area contributed by atoms with E-state index < -0.39 is 10.8 Å². The maximum absolute atomic E-state index is 12.1. The number of non-ortho nitro benzene ring substituents is 1. The third-order valence-corrected chi connectivity index (χ3v) is 3.11. The number of nitro benzene ring substituents is 1. The Morgan fingerprint density at radius 2 is 1.91 bits per heavy atom. The summed E-state index contributed by atoms with van der Waals surface area (Å²) in [7, 11) is 0. The fraction of sp³-hybridized carbons (Fsp3) is 0. The van der Waals surface area contributed by atoms with Crippen molar-refractivity contribution >= 4 is 17.3 Å². The van der Waals surface area contributed by atoms with Crippen LogP contribution in [0.5, 0.6) is 0 Å². The molecule has 0 saturated heterocycles. The number of aromatic nitrogens is 1. The molecule has 3 rings (SSSR count). The van der Waals surface area contributed by atoms with Gasteiger partial charge in [0.15, 0.2) is 5.76 Å². The van der Waals surface area contributed by atoms with Crippen molar-refractivity contribution in [2.75, 3.05) is 5.32 Å². The Morgan fingerprint density at radius 1 is 1.13 bits per heavy atom. The van der Waals surface area contributed by atoms with Crippen molar-refractivity contribution in [3.8, 4) is 11.3 Å². The molecular formula is C16H11N3O4. The van der Waals surface area contributed by atoms with Gasteiger partial charge < -0.3 is 9.73 Å². The first-order chi connectivity index (χ1) is 11.1. The molecule has 1 N–H and O–H groups in total. The Hall–Kier alpha value is -3.48. The lowest BCUT2D eigenvalue weighted by Gasteiger charge is -2.01. The molecule has 1 aromatic carbocycles. The second-order valence-corrected chi connectivity index (χ2v) is 4.66. The monoisotopic (exact) mass is 309 g/mol. The second-order valence-electron chi connectivity index (χ2n) is 4.66. The molecule has 3 aromatic rings. The number of hydrogen-bond acceptors (Lipinski definition) is 5. The third-order valence-electron chi connectivity index (χ3n) is 3.11. The van der Waals surface area contributed by atoms with E-state index in [0.717, 1.165) is 0 Å². The van der Waals surface area contributed by atoms with Gasteiger partial charge in [-0.25, -0.2) is 0 Å². The molecule has 0 spiro atoms. The third kappa shape index (κ3) is 3.24. The molecule has 0 saturated carbocycles. The molecular weight excluding hydrogens is 298 g/mol. The van der Waals surface area contributed by atoms with Gasteiger partial charge in [0.25, 0.3) is 11.6 Å². The molecule has 0 unspecified atom stereocenters. The number of furan rings is 1. The van der Waals surface area contributed by atoms with Crippen molar-refractivity contribution < 1.29 is 14.1 Å². The van der Waals surface area contributed by atoms with Gasteiger partial charge in [-0.05, 0) is 36.4 Å². The van der Waals surface area contributed by atoms with Crippen molar-refractivity contribution in [2.24, 2.45) is 0 Å². The Balaban J connectivity index is 1.77. The summed E-state index contributed by atoms with van der Waals surface area (Å²) in [5.41, 5.74) is 1.21. The van der Waals surface area contributed by atoms with Gasteiger partial charge in [0.1, 0.15) is 5.76 Å². The average Bonchev–Trinajstić information content (AvgIpc) is 3.06. The Labute approximate surface area is 130 Å². The minimum atomic E-state index is -0.474. The topological polar surface area (TPSA) is 98.3 Å². The molecule has 1 amide bonds. The zero-order valence-corrected chi connectivity index (χ0v) is 11.8. The van der Waals surface area contributed by atoms with Gasteiger partial charge in [0.05, 0.1) is 16.8 Å². The van der Waals surface area contributed by atoms with Gasteiger partial charge in [-0.2, -0.15) is 0 Å². The number of carbonyl (C=O) groups excluding carboxylic acids is 1. The van der Waals surface area contributed by atoms with E-state index in [1.807, 2.05) is 0 Å². The first-order valence-corrected chi connectivity index (χ1v) is 6.69. The van der Waals surface area contributed by atoms with E-state index in [9.17, 15) is 14.9 Å². The quantitative estimate of drug-likeness (QED) is 0.587.